The molecule has 2 aliphatic heterocycles. The smallest absolute Gasteiger partial charge is 0.441 e. The molecule has 0 aliphatic carbocycles. The molecular formula is C18H10ClF3N4O2S. The van der Waals surface area contributed by atoms with Gasteiger partial charge in [0.05, 0.1) is 5.57 Å². The van der Waals surface area contributed by atoms with Gasteiger partial charge in [0.2, 0.25) is 10.2 Å². The number of rotatable bonds is 2. The van der Waals surface area contributed by atoms with E-state index >= 15 is 0 Å². The number of amides is 1. The number of alkyl halides is 3. The van der Waals surface area contributed by atoms with E-state index < -0.39 is 23.0 Å². The Balaban J connectivity index is 1.65. The number of furan rings is 1. The first-order valence-corrected chi connectivity index (χ1v) is 9.27. The molecule has 3 heterocycles. The zero-order valence-electron chi connectivity index (χ0n) is 14.5. The minimum Gasteiger partial charge on any atom is -0.457 e. The third-order valence-corrected chi connectivity index (χ3v) is 5.43. The van der Waals surface area contributed by atoms with Crippen molar-refractivity contribution in [2.75, 3.05) is 0 Å². The highest BCUT2D eigenvalue weighted by Crippen LogP contribution is 2.35. The van der Waals surface area contributed by atoms with E-state index in [0.717, 1.165) is 5.56 Å². The molecule has 0 bridgehead atoms. The maximum Gasteiger partial charge on any atom is 0.441 e. The van der Waals surface area contributed by atoms with E-state index in [-0.39, 0.29) is 28.3 Å². The summed E-state index contributed by atoms with van der Waals surface area (Å²) >= 11 is 6.32. The number of aryl methyl sites for hydroxylation is 1. The number of fused-ring (bicyclic) bond motifs is 1. The number of nitrogens with zero attached hydrogens (tertiary/aromatic N) is 3. The van der Waals surface area contributed by atoms with Gasteiger partial charge in [-0.3, -0.25) is 10.2 Å². The molecule has 0 atom stereocenters. The number of hydrogen-bond acceptors (Lipinski definition) is 5. The van der Waals surface area contributed by atoms with Crippen LogP contribution in [-0.4, -0.2) is 33.1 Å². The van der Waals surface area contributed by atoms with Crippen LogP contribution in [0.4, 0.5) is 13.2 Å². The van der Waals surface area contributed by atoms with E-state index in [0.29, 0.717) is 21.4 Å². The molecule has 0 spiro atoms. The average Bonchev–Trinajstić information content (AvgIpc) is 3.28. The van der Waals surface area contributed by atoms with Crippen LogP contribution in [0.1, 0.15) is 11.3 Å². The Kier molecular flexibility index (Phi) is 4.62. The van der Waals surface area contributed by atoms with Gasteiger partial charge in [0.25, 0.3) is 5.91 Å². The fraction of sp³-hybridized carbons (Fsp3) is 0.111. The Hall–Kier alpha value is -2.85. The molecule has 0 radical (unpaired) electrons. The molecule has 0 saturated carbocycles. The third kappa shape index (κ3) is 3.60. The van der Waals surface area contributed by atoms with E-state index in [9.17, 15) is 18.0 Å². The van der Waals surface area contributed by atoms with Gasteiger partial charge < -0.3 is 4.42 Å². The van der Waals surface area contributed by atoms with Crippen LogP contribution in [-0.2, 0) is 4.79 Å². The van der Waals surface area contributed by atoms with Gasteiger partial charge in [0, 0.05) is 10.6 Å². The summed E-state index contributed by atoms with van der Waals surface area (Å²) < 4.78 is 44.3. The summed E-state index contributed by atoms with van der Waals surface area (Å²) in [6, 6.07) is 8.60. The van der Waals surface area contributed by atoms with Crippen molar-refractivity contribution in [3.05, 3.63) is 52.3 Å². The van der Waals surface area contributed by atoms with Crippen LogP contribution in [0.15, 0.2) is 50.4 Å². The molecule has 1 N–H and O–H groups in total. The summed E-state index contributed by atoms with van der Waals surface area (Å²) in [6.45, 7) is 1.86. The van der Waals surface area contributed by atoms with Crippen LogP contribution in [0, 0.1) is 12.3 Å². The van der Waals surface area contributed by atoms with Gasteiger partial charge >= 0.3 is 6.18 Å². The predicted molar refractivity (Wildman–Crippen MR) is 105 cm³/mol. The highest BCUT2D eigenvalue weighted by molar-refractivity contribution is 8.27. The molecule has 0 fully saturated rings. The molecule has 29 heavy (non-hydrogen) atoms. The van der Waals surface area contributed by atoms with Crippen LogP contribution in [0.3, 0.4) is 0 Å². The topological polar surface area (TPSA) is 82.0 Å². The molecule has 0 saturated heterocycles. The van der Waals surface area contributed by atoms with Crippen molar-refractivity contribution in [3.63, 3.8) is 0 Å². The summed E-state index contributed by atoms with van der Waals surface area (Å²) in [5, 5.41) is 11.2. The standard InChI is InChI=1S/C18H10ClF3N4O2S/c1-8-2-3-9(6-12(8)19)13-5-4-10(28-13)7-11-14(23)26-17(24-15(11)27)29-16(25-26)18(20,21)22/h2-7,23H,1H3/b11-7-,23-14?. The lowest BCUT2D eigenvalue weighted by Gasteiger charge is -2.19. The number of halogens is 4. The highest BCUT2D eigenvalue weighted by atomic mass is 35.5. The zero-order chi connectivity index (χ0) is 20.9. The molecule has 4 rings (SSSR count). The van der Waals surface area contributed by atoms with E-state index in [1.807, 2.05) is 19.1 Å². The Morgan fingerprint density at radius 1 is 1.28 bits per heavy atom. The summed E-state index contributed by atoms with van der Waals surface area (Å²) in [5.41, 5.74) is 1.39. The lowest BCUT2D eigenvalue weighted by Crippen LogP contribution is -2.35. The second-order valence-corrected chi connectivity index (χ2v) is 7.45. The van der Waals surface area contributed by atoms with Crippen LogP contribution >= 0.6 is 23.4 Å². The Labute approximate surface area is 171 Å². The molecule has 1 amide bonds. The van der Waals surface area contributed by atoms with Gasteiger partial charge in [-0.05, 0) is 48.5 Å². The second-order valence-electron chi connectivity index (χ2n) is 6.09. The lowest BCUT2D eigenvalue weighted by molar-refractivity contribution is -0.114. The van der Waals surface area contributed by atoms with Crippen molar-refractivity contribution < 1.29 is 22.4 Å². The van der Waals surface area contributed by atoms with Crippen molar-refractivity contribution in [2.45, 2.75) is 13.1 Å². The van der Waals surface area contributed by atoms with E-state index in [2.05, 4.69) is 10.1 Å². The van der Waals surface area contributed by atoms with E-state index in [1.165, 1.54) is 6.08 Å². The minimum atomic E-state index is -4.69. The van der Waals surface area contributed by atoms with Crippen molar-refractivity contribution in [2.24, 2.45) is 10.1 Å². The fourth-order valence-corrected chi connectivity index (χ4v) is 3.52. The predicted octanol–water partition coefficient (Wildman–Crippen LogP) is 5.09. The van der Waals surface area contributed by atoms with Crippen molar-refractivity contribution in [1.29, 1.82) is 5.41 Å². The number of nitrogens with one attached hydrogen (secondary N) is 1. The number of thioether (sulfide) groups is 1. The number of hydrogen-bond donors (Lipinski definition) is 1. The molecule has 1 aromatic carbocycles. The number of carbonyl (C=O) groups excluding carboxylic acids is 1. The summed E-state index contributed by atoms with van der Waals surface area (Å²) in [7, 11) is 0. The molecule has 1 aromatic heterocycles. The molecule has 0 unspecified atom stereocenters. The quantitative estimate of drug-likeness (QED) is 0.662. The van der Waals surface area contributed by atoms with Gasteiger partial charge in [-0.25, -0.2) is 0 Å². The van der Waals surface area contributed by atoms with E-state index in [1.54, 1.807) is 18.2 Å². The molecule has 6 nitrogen and oxygen atoms in total. The Bertz CT molecular complexity index is 1150. The van der Waals surface area contributed by atoms with Gasteiger partial charge in [-0.1, -0.05) is 23.7 Å². The lowest BCUT2D eigenvalue weighted by atomic mass is 10.1. The normalized spacial score (nSPS) is 18.2. The molecule has 11 heteroatoms. The number of carbonyl (C=O) groups is 1. The minimum absolute atomic E-state index is 0.197. The molecule has 2 aromatic rings. The number of hydrazone groups is 1. The second kappa shape index (κ2) is 6.89. The molecular weight excluding hydrogens is 429 g/mol. The Morgan fingerprint density at radius 2 is 2.03 bits per heavy atom. The van der Waals surface area contributed by atoms with Crippen LogP contribution in [0.5, 0.6) is 0 Å². The summed E-state index contributed by atoms with van der Waals surface area (Å²) in [6.07, 6.45) is -3.45. The van der Waals surface area contributed by atoms with Gasteiger partial charge in [0.15, 0.2) is 5.84 Å². The maximum atomic E-state index is 12.9. The summed E-state index contributed by atoms with van der Waals surface area (Å²) in [5.74, 6) is -0.644. The Morgan fingerprint density at radius 3 is 2.72 bits per heavy atom. The number of amidine groups is 2. The maximum absolute atomic E-state index is 12.9. The van der Waals surface area contributed by atoms with Gasteiger partial charge in [-0.2, -0.15) is 28.3 Å². The van der Waals surface area contributed by atoms with Gasteiger partial charge in [-0.15, -0.1) is 0 Å². The number of benzene rings is 1. The van der Waals surface area contributed by atoms with Crippen LogP contribution in [0.25, 0.3) is 17.4 Å². The monoisotopic (exact) mass is 438 g/mol. The van der Waals surface area contributed by atoms with Crippen LogP contribution in [0.2, 0.25) is 5.02 Å². The van der Waals surface area contributed by atoms with Crippen molar-refractivity contribution in [1.82, 2.24) is 5.01 Å². The van der Waals surface area contributed by atoms with Crippen molar-refractivity contribution >= 4 is 51.4 Å². The molecule has 2 aliphatic rings. The van der Waals surface area contributed by atoms with Crippen LogP contribution < -0.4 is 0 Å². The first-order valence-electron chi connectivity index (χ1n) is 8.07. The summed E-state index contributed by atoms with van der Waals surface area (Å²) in [4.78, 5) is 15.8. The third-order valence-electron chi connectivity index (χ3n) is 4.07. The van der Waals surface area contributed by atoms with Gasteiger partial charge in [0.1, 0.15) is 11.5 Å². The highest BCUT2D eigenvalue weighted by Gasteiger charge is 2.46. The SMILES string of the molecule is Cc1ccc(-c2ccc(/C=C3/C(=N)N4N=C(C(F)(F)F)SC4=NC3=O)o2)cc1Cl. The molecule has 148 valence electrons. The zero-order valence-corrected chi connectivity index (χ0v) is 16.1. The fourth-order valence-electron chi connectivity index (χ4n) is 2.58. The van der Waals surface area contributed by atoms with Crippen molar-refractivity contribution in [3.8, 4) is 11.3 Å². The first-order chi connectivity index (χ1) is 13.6. The number of aliphatic imine (C=N–C) groups is 1. The first kappa shape index (κ1) is 19.5. The average molecular weight is 439 g/mol. The largest absolute Gasteiger partial charge is 0.457 e. The van der Waals surface area contributed by atoms with E-state index in [4.69, 9.17) is 21.4 Å².